The normalized spacial score (nSPS) is 14.5. The van der Waals surface area contributed by atoms with Crippen molar-refractivity contribution in [3.05, 3.63) is 70.2 Å². The number of aryl methyl sites for hydroxylation is 1. The van der Waals surface area contributed by atoms with Crippen molar-refractivity contribution in [2.24, 2.45) is 0 Å². The number of benzene rings is 2. The van der Waals surface area contributed by atoms with Crippen molar-refractivity contribution in [3.63, 3.8) is 0 Å². The zero-order chi connectivity index (χ0) is 20.1. The number of likely N-dealkylation sites (tertiary alicyclic amines) is 1. The summed E-state index contributed by atoms with van der Waals surface area (Å²) < 4.78 is 6.83. The molecule has 1 saturated heterocycles. The number of fused-ring (bicyclic) bond motifs is 1. The predicted molar refractivity (Wildman–Crippen MR) is 112 cm³/mol. The highest BCUT2D eigenvalue weighted by molar-refractivity contribution is 5.76. The minimum Gasteiger partial charge on any atom is -0.408 e. The van der Waals surface area contributed by atoms with Crippen LogP contribution in [0.4, 0.5) is 0 Å². The van der Waals surface area contributed by atoms with Crippen LogP contribution in [-0.2, 0) is 24.4 Å². The highest BCUT2D eigenvalue weighted by Crippen LogP contribution is 2.12. The van der Waals surface area contributed by atoms with E-state index in [0.717, 1.165) is 12.1 Å². The number of hydrogen-bond acceptors (Lipinski definition) is 3. The van der Waals surface area contributed by atoms with Crippen LogP contribution in [0, 0.1) is 0 Å². The number of amides is 1. The minimum absolute atomic E-state index is 0.00849. The molecule has 6 nitrogen and oxygen atoms in total. The smallest absolute Gasteiger partial charge is 0.408 e. The molecule has 0 saturated carbocycles. The van der Waals surface area contributed by atoms with Gasteiger partial charge in [0.25, 0.3) is 0 Å². The summed E-state index contributed by atoms with van der Waals surface area (Å²) in [6.07, 6.45) is 3.59. The third kappa shape index (κ3) is 4.77. The number of nitrogens with zero attached hydrogens (tertiary/aromatic N) is 1. The third-order valence-electron chi connectivity index (χ3n) is 5.70. The zero-order valence-corrected chi connectivity index (χ0v) is 16.7. The maximum absolute atomic E-state index is 12.3. The average Bonchev–Trinajstić information content (AvgIpc) is 3.35. The molecular formula is C23H28N3O3+. The van der Waals surface area contributed by atoms with Gasteiger partial charge >= 0.3 is 5.76 Å². The first-order valence-electron chi connectivity index (χ1n) is 10.5. The Balaban J connectivity index is 1.28. The Morgan fingerprint density at radius 1 is 1.03 bits per heavy atom. The van der Waals surface area contributed by atoms with Crippen molar-refractivity contribution in [1.82, 2.24) is 9.88 Å². The van der Waals surface area contributed by atoms with Crippen LogP contribution in [0.5, 0.6) is 0 Å². The van der Waals surface area contributed by atoms with Gasteiger partial charge in [-0.1, -0.05) is 36.4 Å². The molecular weight excluding hydrogens is 366 g/mol. The van der Waals surface area contributed by atoms with E-state index < -0.39 is 0 Å². The lowest BCUT2D eigenvalue weighted by Crippen LogP contribution is -3.08. The second-order valence-electron chi connectivity index (χ2n) is 7.77. The second-order valence-corrected chi connectivity index (χ2v) is 7.77. The molecule has 2 N–H and O–H groups in total. The van der Waals surface area contributed by atoms with E-state index in [1.165, 1.54) is 37.1 Å². The Kier molecular flexibility index (Phi) is 6.10. The standard InChI is InChI=1S/C23H27N3O3/c27-22(12-7-15-26-20-10-3-4-11-21(20)29-23(26)28)24-16-18-8-1-2-9-19(18)17-25-13-5-6-14-25/h1-4,8-11H,5-7,12-17H2,(H,24,27)/p+1. The van der Waals surface area contributed by atoms with E-state index >= 15 is 0 Å². The molecule has 1 aliphatic rings. The first kappa shape index (κ1) is 19.5. The van der Waals surface area contributed by atoms with Crippen molar-refractivity contribution in [3.8, 4) is 0 Å². The lowest BCUT2D eigenvalue weighted by molar-refractivity contribution is -0.901. The van der Waals surface area contributed by atoms with Gasteiger partial charge in [-0.05, 0) is 24.1 Å². The summed E-state index contributed by atoms with van der Waals surface area (Å²) in [6, 6.07) is 15.7. The van der Waals surface area contributed by atoms with Crippen molar-refractivity contribution >= 4 is 17.0 Å². The van der Waals surface area contributed by atoms with Gasteiger partial charge in [0.2, 0.25) is 5.91 Å². The van der Waals surface area contributed by atoms with Crippen LogP contribution in [0.3, 0.4) is 0 Å². The summed E-state index contributed by atoms with van der Waals surface area (Å²) in [7, 11) is 0. The molecule has 0 radical (unpaired) electrons. The Bertz CT molecular complexity index is 1030. The molecule has 4 rings (SSSR count). The molecule has 0 spiro atoms. The van der Waals surface area contributed by atoms with E-state index in [1.807, 2.05) is 24.3 Å². The molecule has 2 aromatic carbocycles. The van der Waals surface area contributed by atoms with Crippen molar-refractivity contribution in [1.29, 1.82) is 0 Å². The fourth-order valence-corrected chi connectivity index (χ4v) is 4.13. The van der Waals surface area contributed by atoms with Crippen LogP contribution >= 0.6 is 0 Å². The number of aromatic nitrogens is 1. The van der Waals surface area contributed by atoms with Crippen LogP contribution < -0.4 is 16.0 Å². The van der Waals surface area contributed by atoms with Gasteiger partial charge in [-0.3, -0.25) is 9.36 Å². The number of nitrogens with one attached hydrogen (secondary N) is 2. The number of carbonyl (C=O) groups excluding carboxylic acids is 1. The summed E-state index contributed by atoms with van der Waals surface area (Å²) in [5.41, 5.74) is 3.87. The van der Waals surface area contributed by atoms with E-state index in [1.54, 1.807) is 15.5 Å². The molecule has 0 aliphatic carbocycles. The Labute approximate surface area is 170 Å². The zero-order valence-electron chi connectivity index (χ0n) is 16.7. The minimum atomic E-state index is -0.370. The highest BCUT2D eigenvalue weighted by Gasteiger charge is 2.17. The Hall–Kier alpha value is -2.86. The van der Waals surface area contributed by atoms with Crippen LogP contribution in [0.15, 0.2) is 57.7 Å². The number of hydrogen-bond donors (Lipinski definition) is 2. The summed E-state index contributed by atoms with van der Waals surface area (Å²) in [6.45, 7) is 4.53. The maximum Gasteiger partial charge on any atom is 0.419 e. The molecule has 29 heavy (non-hydrogen) atoms. The topological polar surface area (TPSA) is 68.7 Å². The van der Waals surface area contributed by atoms with Crippen LogP contribution in [0.2, 0.25) is 0 Å². The fourth-order valence-electron chi connectivity index (χ4n) is 4.13. The molecule has 1 aliphatic heterocycles. The van der Waals surface area contributed by atoms with Crippen LogP contribution in [0.25, 0.3) is 11.1 Å². The second kappa shape index (κ2) is 9.09. The van der Waals surface area contributed by atoms with E-state index in [0.29, 0.717) is 31.5 Å². The molecule has 1 amide bonds. The van der Waals surface area contributed by atoms with E-state index in [4.69, 9.17) is 4.42 Å². The molecule has 0 atom stereocenters. The monoisotopic (exact) mass is 394 g/mol. The van der Waals surface area contributed by atoms with Gasteiger partial charge in [0.15, 0.2) is 5.58 Å². The first-order valence-corrected chi connectivity index (χ1v) is 10.5. The van der Waals surface area contributed by atoms with E-state index in [-0.39, 0.29) is 11.7 Å². The van der Waals surface area contributed by atoms with Gasteiger partial charge in [-0.25, -0.2) is 4.79 Å². The first-order chi connectivity index (χ1) is 14.2. The van der Waals surface area contributed by atoms with E-state index in [2.05, 4.69) is 23.5 Å². The molecule has 0 unspecified atom stereocenters. The molecule has 0 bridgehead atoms. The lowest BCUT2D eigenvalue weighted by atomic mass is 10.1. The average molecular weight is 394 g/mol. The lowest BCUT2D eigenvalue weighted by Gasteiger charge is -2.15. The quantitative estimate of drug-likeness (QED) is 0.613. The molecule has 3 aromatic rings. The molecule has 1 fully saturated rings. The maximum atomic E-state index is 12.3. The van der Waals surface area contributed by atoms with Gasteiger partial charge in [0, 0.05) is 37.9 Å². The van der Waals surface area contributed by atoms with Gasteiger partial charge in [0.05, 0.1) is 18.6 Å². The molecule has 2 heterocycles. The Morgan fingerprint density at radius 2 is 1.76 bits per heavy atom. The van der Waals surface area contributed by atoms with Gasteiger partial charge in [0.1, 0.15) is 6.54 Å². The van der Waals surface area contributed by atoms with Gasteiger partial charge in [-0.2, -0.15) is 0 Å². The largest absolute Gasteiger partial charge is 0.419 e. The summed E-state index contributed by atoms with van der Waals surface area (Å²) >= 11 is 0. The number of quaternary nitrogens is 1. The van der Waals surface area contributed by atoms with Crippen molar-refractivity contribution in [2.75, 3.05) is 13.1 Å². The number of oxazole rings is 1. The number of para-hydroxylation sites is 2. The van der Waals surface area contributed by atoms with Crippen molar-refractivity contribution in [2.45, 2.75) is 45.3 Å². The number of rotatable bonds is 8. The predicted octanol–water partition coefficient (Wildman–Crippen LogP) is 1.87. The summed E-state index contributed by atoms with van der Waals surface area (Å²) in [4.78, 5) is 25.9. The molecule has 6 heteroatoms. The van der Waals surface area contributed by atoms with Gasteiger partial charge in [-0.15, -0.1) is 0 Å². The van der Waals surface area contributed by atoms with Crippen molar-refractivity contribution < 1.29 is 14.1 Å². The summed E-state index contributed by atoms with van der Waals surface area (Å²) in [5.74, 6) is -0.362. The van der Waals surface area contributed by atoms with Crippen LogP contribution in [0.1, 0.15) is 36.8 Å². The van der Waals surface area contributed by atoms with Crippen LogP contribution in [-0.4, -0.2) is 23.6 Å². The Morgan fingerprint density at radius 3 is 2.59 bits per heavy atom. The molecule has 1 aromatic heterocycles. The number of carbonyl (C=O) groups is 1. The highest BCUT2D eigenvalue weighted by atomic mass is 16.4. The fraction of sp³-hybridized carbons (Fsp3) is 0.391. The molecule has 152 valence electrons. The summed E-state index contributed by atoms with van der Waals surface area (Å²) in [5, 5.41) is 3.04. The van der Waals surface area contributed by atoms with Gasteiger partial charge < -0.3 is 14.6 Å². The third-order valence-corrected chi connectivity index (χ3v) is 5.70. The van der Waals surface area contributed by atoms with E-state index in [9.17, 15) is 9.59 Å². The SMILES string of the molecule is O=C(CCCn1c(=O)oc2ccccc21)NCc1ccccc1C[NH+]1CCCC1.